The number of nitrogens with one attached hydrogen (secondary N) is 1. The van der Waals surface area contributed by atoms with Gasteiger partial charge in [-0.15, -0.1) is 0 Å². The maximum Gasteiger partial charge on any atom is 0.273 e. The molecule has 0 spiro atoms. The molecule has 0 saturated carbocycles. The van der Waals surface area contributed by atoms with Crippen molar-refractivity contribution in [2.24, 2.45) is 0 Å². The fourth-order valence-corrected chi connectivity index (χ4v) is 2.77. The Morgan fingerprint density at radius 3 is 2.74 bits per heavy atom. The van der Waals surface area contributed by atoms with Gasteiger partial charge in [0.05, 0.1) is 5.02 Å². The number of hydrogen-bond donors (Lipinski definition) is 1. The monoisotopic (exact) mass is 330 g/mol. The Bertz CT molecular complexity index is 723. The van der Waals surface area contributed by atoms with E-state index < -0.39 is 6.04 Å². The highest BCUT2D eigenvalue weighted by Crippen LogP contribution is 2.23. The van der Waals surface area contributed by atoms with E-state index in [0.29, 0.717) is 29.5 Å². The summed E-state index contributed by atoms with van der Waals surface area (Å²) in [7, 11) is 0. The number of halogens is 1. The second-order valence-electron chi connectivity index (χ2n) is 5.19. The average Bonchev–Trinajstić information content (AvgIpc) is 3.07. The molecule has 0 aromatic carbocycles. The van der Waals surface area contributed by atoms with Crippen LogP contribution in [0.2, 0.25) is 5.02 Å². The summed E-state index contributed by atoms with van der Waals surface area (Å²) in [5.41, 5.74) is 0.336. The second kappa shape index (κ2) is 6.75. The van der Waals surface area contributed by atoms with Crippen molar-refractivity contribution in [1.29, 1.82) is 0 Å². The number of likely N-dealkylation sites (tertiary alicyclic amines) is 1. The van der Waals surface area contributed by atoms with Gasteiger partial charge in [0, 0.05) is 18.9 Å². The Morgan fingerprint density at radius 1 is 1.17 bits per heavy atom. The maximum atomic E-state index is 12.5. The average molecular weight is 331 g/mol. The number of amides is 2. The van der Waals surface area contributed by atoms with E-state index in [1.807, 2.05) is 0 Å². The van der Waals surface area contributed by atoms with Crippen LogP contribution in [-0.4, -0.2) is 39.3 Å². The molecule has 1 saturated heterocycles. The van der Waals surface area contributed by atoms with Crippen molar-refractivity contribution < 1.29 is 9.59 Å². The lowest BCUT2D eigenvalue weighted by molar-refractivity contribution is -0.119. The molecule has 1 N–H and O–H groups in total. The van der Waals surface area contributed by atoms with Crippen LogP contribution >= 0.6 is 11.6 Å². The molecule has 23 heavy (non-hydrogen) atoms. The molecule has 0 unspecified atom stereocenters. The van der Waals surface area contributed by atoms with Gasteiger partial charge in [-0.25, -0.2) is 4.98 Å². The number of anilines is 1. The van der Waals surface area contributed by atoms with Crippen molar-refractivity contribution in [1.82, 2.24) is 14.9 Å². The zero-order valence-electron chi connectivity index (χ0n) is 12.3. The summed E-state index contributed by atoms with van der Waals surface area (Å²) >= 11 is 6.00. The maximum absolute atomic E-state index is 12.5. The van der Waals surface area contributed by atoms with Gasteiger partial charge in [0.15, 0.2) is 5.82 Å². The van der Waals surface area contributed by atoms with Crippen LogP contribution in [-0.2, 0) is 4.79 Å². The Labute approximate surface area is 138 Å². The van der Waals surface area contributed by atoms with Crippen LogP contribution in [0.4, 0.5) is 5.82 Å². The minimum absolute atomic E-state index is 0.240. The minimum Gasteiger partial charge on any atom is -0.325 e. The summed E-state index contributed by atoms with van der Waals surface area (Å²) < 4.78 is 0. The molecule has 3 rings (SSSR count). The summed E-state index contributed by atoms with van der Waals surface area (Å²) in [5.74, 6) is -0.223. The smallest absolute Gasteiger partial charge is 0.273 e. The van der Waals surface area contributed by atoms with E-state index in [0.717, 1.165) is 6.42 Å². The quantitative estimate of drug-likeness (QED) is 0.937. The van der Waals surface area contributed by atoms with E-state index in [2.05, 4.69) is 15.3 Å². The molecule has 7 heteroatoms. The molecule has 2 aromatic heterocycles. The molecule has 3 heterocycles. The molecule has 1 aliphatic rings. The van der Waals surface area contributed by atoms with Crippen molar-refractivity contribution in [3.05, 3.63) is 53.4 Å². The molecular formula is C16H15ClN4O2. The van der Waals surface area contributed by atoms with Crippen LogP contribution in [0.3, 0.4) is 0 Å². The van der Waals surface area contributed by atoms with Crippen molar-refractivity contribution in [2.75, 3.05) is 11.9 Å². The minimum atomic E-state index is -0.539. The Kier molecular flexibility index (Phi) is 4.52. The van der Waals surface area contributed by atoms with Gasteiger partial charge in [0.2, 0.25) is 5.91 Å². The van der Waals surface area contributed by atoms with Gasteiger partial charge in [-0.3, -0.25) is 14.6 Å². The zero-order valence-corrected chi connectivity index (χ0v) is 13.0. The molecule has 6 nitrogen and oxygen atoms in total. The lowest BCUT2D eigenvalue weighted by Crippen LogP contribution is -2.43. The summed E-state index contributed by atoms with van der Waals surface area (Å²) in [4.78, 5) is 34.7. The lowest BCUT2D eigenvalue weighted by atomic mass is 10.2. The van der Waals surface area contributed by atoms with E-state index in [1.54, 1.807) is 47.6 Å². The number of hydrogen-bond acceptors (Lipinski definition) is 4. The third-order valence-corrected chi connectivity index (χ3v) is 4.01. The van der Waals surface area contributed by atoms with Gasteiger partial charge in [-0.2, -0.15) is 0 Å². The number of carbonyl (C=O) groups is 2. The summed E-state index contributed by atoms with van der Waals surface area (Å²) in [6.45, 7) is 0.531. The Hall–Kier alpha value is -2.47. The van der Waals surface area contributed by atoms with E-state index in [4.69, 9.17) is 11.6 Å². The fraction of sp³-hybridized carbons (Fsp3) is 0.250. The van der Waals surface area contributed by atoms with Crippen molar-refractivity contribution >= 4 is 29.2 Å². The van der Waals surface area contributed by atoms with Gasteiger partial charge in [0.1, 0.15) is 11.7 Å². The predicted molar refractivity (Wildman–Crippen MR) is 86.2 cm³/mol. The van der Waals surface area contributed by atoms with Crippen molar-refractivity contribution in [2.45, 2.75) is 18.9 Å². The first-order chi connectivity index (χ1) is 11.2. The fourth-order valence-electron chi connectivity index (χ4n) is 2.60. The summed E-state index contributed by atoms with van der Waals surface area (Å²) in [6.07, 6.45) is 4.49. The van der Waals surface area contributed by atoms with Crippen LogP contribution in [0, 0.1) is 0 Å². The number of aromatic nitrogens is 2. The molecule has 0 aliphatic carbocycles. The first-order valence-corrected chi connectivity index (χ1v) is 7.68. The SMILES string of the molecule is O=C(Nc1ncccc1Cl)[C@@H]1CCCN1C(=O)c1ccccn1. The molecule has 1 aliphatic heterocycles. The van der Waals surface area contributed by atoms with Gasteiger partial charge < -0.3 is 10.2 Å². The van der Waals surface area contributed by atoms with Gasteiger partial charge in [0.25, 0.3) is 5.91 Å². The van der Waals surface area contributed by atoms with Gasteiger partial charge in [-0.05, 0) is 37.1 Å². The van der Waals surface area contributed by atoms with Gasteiger partial charge >= 0.3 is 0 Å². The highest BCUT2D eigenvalue weighted by molar-refractivity contribution is 6.33. The number of pyridine rings is 2. The molecule has 2 aromatic rings. The summed E-state index contributed by atoms with van der Waals surface area (Å²) in [6, 6.07) is 7.93. The van der Waals surface area contributed by atoms with E-state index in [1.165, 1.54) is 0 Å². The highest BCUT2D eigenvalue weighted by atomic mass is 35.5. The standard InChI is InChI=1S/C16H15ClN4O2/c17-11-5-3-9-19-14(11)20-15(22)13-7-4-10-21(13)16(23)12-6-1-2-8-18-12/h1-3,5-6,8-9,13H,4,7,10H2,(H,19,20,22)/t13-/m0/s1. The number of carbonyl (C=O) groups excluding carboxylic acids is 2. The predicted octanol–water partition coefficient (Wildman–Crippen LogP) is 2.37. The molecule has 2 amide bonds. The topological polar surface area (TPSA) is 75.2 Å². The molecule has 0 bridgehead atoms. The Morgan fingerprint density at radius 2 is 2.00 bits per heavy atom. The number of rotatable bonds is 3. The molecule has 118 valence electrons. The first kappa shape index (κ1) is 15.4. The lowest BCUT2D eigenvalue weighted by Gasteiger charge is -2.23. The van der Waals surface area contributed by atoms with E-state index >= 15 is 0 Å². The van der Waals surface area contributed by atoms with Crippen LogP contribution in [0.25, 0.3) is 0 Å². The van der Waals surface area contributed by atoms with Crippen LogP contribution in [0.5, 0.6) is 0 Å². The summed E-state index contributed by atoms with van der Waals surface area (Å²) in [5, 5.41) is 3.05. The van der Waals surface area contributed by atoms with Gasteiger partial charge in [-0.1, -0.05) is 17.7 Å². The van der Waals surface area contributed by atoms with Crippen LogP contribution in [0.1, 0.15) is 23.3 Å². The molecular weight excluding hydrogens is 316 g/mol. The second-order valence-corrected chi connectivity index (χ2v) is 5.60. The van der Waals surface area contributed by atoms with Crippen LogP contribution < -0.4 is 5.32 Å². The molecule has 0 radical (unpaired) electrons. The van der Waals surface area contributed by atoms with Crippen LogP contribution in [0.15, 0.2) is 42.7 Å². The molecule has 1 fully saturated rings. The third-order valence-electron chi connectivity index (χ3n) is 3.70. The normalized spacial score (nSPS) is 17.1. The highest BCUT2D eigenvalue weighted by Gasteiger charge is 2.35. The Balaban J connectivity index is 1.75. The largest absolute Gasteiger partial charge is 0.325 e. The van der Waals surface area contributed by atoms with Crippen molar-refractivity contribution in [3.8, 4) is 0 Å². The van der Waals surface area contributed by atoms with E-state index in [9.17, 15) is 9.59 Å². The van der Waals surface area contributed by atoms with Crippen molar-refractivity contribution in [3.63, 3.8) is 0 Å². The molecule has 1 atom stereocenters. The first-order valence-electron chi connectivity index (χ1n) is 7.30. The zero-order chi connectivity index (χ0) is 16.2. The van der Waals surface area contributed by atoms with E-state index in [-0.39, 0.29) is 11.8 Å². The third kappa shape index (κ3) is 3.32. The number of nitrogens with zero attached hydrogens (tertiary/aromatic N) is 3.